The van der Waals surface area contributed by atoms with Gasteiger partial charge < -0.3 is 5.73 Å². The standard InChI is InChI=1S/C8H9F3N2/c1-4-3-13-7(8(9,10)11)5(2)6(4)12/h3H,1-2H3,(H2,12,13)/i1D3,2D3. The van der Waals surface area contributed by atoms with Crippen molar-refractivity contribution >= 4 is 5.69 Å². The van der Waals surface area contributed by atoms with E-state index in [1.165, 1.54) is 0 Å². The molecule has 0 spiro atoms. The van der Waals surface area contributed by atoms with E-state index in [9.17, 15) is 13.2 Å². The Hall–Kier alpha value is -1.26. The van der Waals surface area contributed by atoms with E-state index in [0.29, 0.717) is 6.20 Å². The van der Waals surface area contributed by atoms with E-state index in [0.717, 1.165) is 0 Å². The third-order valence-corrected chi connectivity index (χ3v) is 1.39. The highest BCUT2D eigenvalue weighted by Crippen LogP contribution is 2.32. The summed E-state index contributed by atoms with van der Waals surface area (Å²) in [6.07, 6.45) is -4.61. The number of alkyl halides is 3. The van der Waals surface area contributed by atoms with Gasteiger partial charge in [-0.25, -0.2) is 0 Å². The van der Waals surface area contributed by atoms with Gasteiger partial charge in [-0.15, -0.1) is 0 Å². The molecule has 0 aliphatic carbocycles. The molecule has 1 aromatic heterocycles. The van der Waals surface area contributed by atoms with Gasteiger partial charge in [0.25, 0.3) is 0 Å². The van der Waals surface area contributed by atoms with Gasteiger partial charge in [-0.05, 0) is 19.3 Å². The molecule has 0 aromatic carbocycles. The smallest absolute Gasteiger partial charge is 0.398 e. The van der Waals surface area contributed by atoms with Crippen molar-refractivity contribution in [1.82, 2.24) is 4.98 Å². The molecule has 1 heterocycles. The van der Waals surface area contributed by atoms with Gasteiger partial charge in [0, 0.05) is 25.7 Å². The van der Waals surface area contributed by atoms with Crippen LogP contribution in [0, 0.1) is 13.7 Å². The van der Waals surface area contributed by atoms with Crippen LogP contribution in [0.5, 0.6) is 0 Å². The molecular formula is C8H9F3N2. The first-order valence-corrected chi connectivity index (χ1v) is 3.13. The molecule has 0 aliphatic heterocycles. The monoisotopic (exact) mass is 196 g/mol. The maximum atomic E-state index is 12.7. The lowest BCUT2D eigenvalue weighted by molar-refractivity contribution is -0.141. The van der Waals surface area contributed by atoms with Crippen LogP contribution in [0.3, 0.4) is 0 Å². The fourth-order valence-corrected chi connectivity index (χ4v) is 0.740. The normalized spacial score (nSPS) is 20.5. The average Bonchev–Trinajstić information content (AvgIpc) is 2.11. The predicted molar refractivity (Wildman–Crippen MR) is 43.1 cm³/mol. The van der Waals surface area contributed by atoms with E-state index in [4.69, 9.17) is 14.0 Å². The molecule has 0 bridgehead atoms. The Morgan fingerprint density at radius 2 is 2.15 bits per heavy atom. The van der Waals surface area contributed by atoms with Gasteiger partial charge in [0.05, 0.1) is 0 Å². The number of aromatic nitrogens is 1. The van der Waals surface area contributed by atoms with Crippen LogP contribution in [0.15, 0.2) is 6.20 Å². The van der Waals surface area contributed by atoms with Crippen LogP contribution < -0.4 is 5.73 Å². The summed E-state index contributed by atoms with van der Waals surface area (Å²) in [4.78, 5) is 2.92. The second kappa shape index (κ2) is 2.90. The fourth-order valence-electron chi connectivity index (χ4n) is 0.740. The Balaban J connectivity index is 3.71. The molecule has 5 heteroatoms. The van der Waals surface area contributed by atoms with E-state index < -0.39 is 42.4 Å². The third kappa shape index (κ3) is 1.74. The van der Waals surface area contributed by atoms with Gasteiger partial charge in [0.1, 0.15) is 5.69 Å². The number of halogens is 3. The van der Waals surface area contributed by atoms with Crippen molar-refractivity contribution in [2.45, 2.75) is 19.9 Å². The van der Waals surface area contributed by atoms with Crippen LogP contribution in [0.1, 0.15) is 25.0 Å². The lowest BCUT2D eigenvalue weighted by atomic mass is 10.1. The number of nitrogens with zero attached hydrogens (tertiary/aromatic N) is 1. The lowest BCUT2D eigenvalue weighted by Crippen LogP contribution is -2.12. The van der Waals surface area contributed by atoms with Crippen molar-refractivity contribution in [2.24, 2.45) is 0 Å². The molecule has 1 rings (SSSR count). The van der Waals surface area contributed by atoms with Crippen LogP contribution >= 0.6 is 0 Å². The first-order chi connectivity index (χ1) is 8.26. The molecule has 1 aromatic rings. The van der Waals surface area contributed by atoms with Crippen molar-refractivity contribution < 1.29 is 21.4 Å². The summed E-state index contributed by atoms with van der Waals surface area (Å²) >= 11 is 0. The summed E-state index contributed by atoms with van der Waals surface area (Å²) in [5.41, 5.74) is 0.669. The van der Waals surface area contributed by atoms with Gasteiger partial charge in [0.2, 0.25) is 0 Å². The van der Waals surface area contributed by atoms with Crippen molar-refractivity contribution in [3.8, 4) is 0 Å². The summed E-state index contributed by atoms with van der Waals surface area (Å²) in [5.74, 6) is 0. The molecule has 0 unspecified atom stereocenters. The van der Waals surface area contributed by atoms with Gasteiger partial charge in [-0.3, -0.25) is 4.98 Å². The number of aryl methyl sites for hydroxylation is 1. The zero-order valence-corrected chi connectivity index (χ0v) is 6.24. The molecule has 0 saturated carbocycles. The van der Waals surface area contributed by atoms with Crippen molar-refractivity contribution in [2.75, 3.05) is 5.73 Å². The molecule has 0 radical (unpaired) electrons. The van der Waals surface area contributed by atoms with Crippen LogP contribution in [-0.4, -0.2) is 4.98 Å². The summed E-state index contributed by atoms with van der Waals surface area (Å²) in [7, 11) is 0. The minimum atomic E-state index is -5.04. The molecule has 2 N–H and O–H groups in total. The van der Waals surface area contributed by atoms with Gasteiger partial charge in [0.15, 0.2) is 0 Å². The predicted octanol–water partition coefficient (Wildman–Crippen LogP) is 2.30. The number of nitrogens with two attached hydrogens (primary N) is 1. The summed E-state index contributed by atoms with van der Waals surface area (Å²) in [6.45, 7) is -6.07. The first kappa shape index (κ1) is 4.30. The van der Waals surface area contributed by atoms with E-state index in [-0.39, 0.29) is 0 Å². The maximum Gasteiger partial charge on any atom is 0.433 e. The van der Waals surface area contributed by atoms with E-state index in [1.54, 1.807) is 0 Å². The minimum Gasteiger partial charge on any atom is -0.398 e. The average molecular weight is 196 g/mol. The van der Waals surface area contributed by atoms with Crippen molar-refractivity contribution in [3.63, 3.8) is 0 Å². The molecular weight excluding hydrogens is 181 g/mol. The Labute approximate surface area is 82.0 Å². The molecule has 0 amide bonds. The van der Waals surface area contributed by atoms with Crippen LogP contribution in [0.4, 0.5) is 18.9 Å². The summed E-state index contributed by atoms with van der Waals surface area (Å²) in [6, 6.07) is 0. The zero-order chi connectivity index (χ0) is 15.2. The zero-order valence-electron chi connectivity index (χ0n) is 12.2. The molecule has 2 nitrogen and oxygen atoms in total. The molecule has 0 saturated heterocycles. The summed E-state index contributed by atoms with van der Waals surface area (Å²) < 4.78 is 80.5. The van der Waals surface area contributed by atoms with Crippen LogP contribution in [-0.2, 0) is 6.18 Å². The minimum absolute atomic E-state index is 0.431. The topological polar surface area (TPSA) is 38.9 Å². The van der Waals surface area contributed by atoms with E-state index >= 15 is 0 Å². The Bertz CT molecular complexity index is 491. The van der Waals surface area contributed by atoms with Gasteiger partial charge >= 0.3 is 6.18 Å². The number of hydrogen-bond acceptors (Lipinski definition) is 2. The second-order valence-electron chi connectivity index (χ2n) is 2.31. The SMILES string of the molecule is [2H]C([2H])([2H])c1cnc(C(F)(F)F)c(C([2H])([2H])[2H])c1N. The second-order valence-corrected chi connectivity index (χ2v) is 2.31. The highest BCUT2D eigenvalue weighted by atomic mass is 19.4. The lowest BCUT2D eigenvalue weighted by Gasteiger charge is -2.11. The Morgan fingerprint density at radius 3 is 2.62 bits per heavy atom. The maximum absolute atomic E-state index is 12.7. The highest BCUT2D eigenvalue weighted by molar-refractivity contribution is 5.53. The van der Waals surface area contributed by atoms with Crippen LogP contribution in [0.2, 0.25) is 0 Å². The molecule has 0 aliphatic rings. The van der Waals surface area contributed by atoms with E-state index in [1.807, 2.05) is 0 Å². The van der Waals surface area contributed by atoms with Gasteiger partial charge in [-0.1, -0.05) is 0 Å². The quantitative estimate of drug-likeness (QED) is 0.691. The highest BCUT2D eigenvalue weighted by Gasteiger charge is 2.35. The van der Waals surface area contributed by atoms with Crippen molar-refractivity contribution in [3.05, 3.63) is 23.0 Å². The Morgan fingerprint density at radius 1 is 1.46 bits per heavy atom. The van der Waals surface area contributed by atoms with E-state index in [2.05, 4.69) is 4.98 Å². The first-order valence-electron chi connectivity index (χ1n) is 6.13. The number of pyridine rings is 1. The number of rotatable bonds is 0. The largest absolute Gasteiger partial charge is 0.433 e. The molecule has 72 valence electrons. The van der Waals surface area contributed by atoms with Crippen molar-refractivity contribution in [1.29, 1.82) is 0 Å². The Kier molecular flexibility index (Phi) is 0.960. The molecule has 0 fully saturated rings. The molecule has 0 atom stereocenters. The third-order valence-electron chi connectivity index (χ3n) is 1.39. The number of hydrogen-bond donors (Lipinski definition) is 1. The number of anilines is 1. The van der Waals surface area contributed by atoms with Crippen LogP contribution in [0.25, 0.3) is 0 Å². The molecule has 13 heavy (non-hydrogen) atoms. The summed E-state index contributed by atoms with van der Waals surface area (Å²) in [5, 5.41) is 0. The fraction of sp³-hybridized carbons (Fsp3) is 0.375. The number of nitrogen functional groups attached to an aromatic ring is 1. The van der Waals surface area contributed by atoms with Gasteiger partial charge in [-0.2, -0.15) is 13.2 Å².